The van der Waals surface area contributed by atoms with Gasteiger partial charge >= 0.3 is 0 Å². The summed E-state index contributed by atoms with van der Waals surface area (Å²) in [7, 11) is 1.82. The van der Waals surface area contributed by atoms with Gasteiger partial charge in [-0.2, -0.15) is 0 Å². The highest BCUT2D eigenvalue weighted by Gasteiger charge is 2.65. The molecule has 7 atom stereocenters. The second kappa shape index (κ2) is 4.19. The molecule has 4 aliphatic rings. The maximum Gasteiger partial charge on any atom is 0.0986 e. The first-order valence-corrected chi connectivity index (χ1v) is 7.74. The van der Waals surface area contributed by atoms with Crippen molar-refractivity contribution in [1.82, 2.24) is 5.32 Å². The fraction of sp³-hybridized carbons (Fsp3) is 1.00. The summed E-state index contributed by atoms with van der Waals surface area (Å²) in [6.45, 7) is 2.87. The highest BCUT2D eigenvalue weighted by atomic mass is 16.5. The van der Waals surface area contributed by atoms with Crippen molar-refractivity contribution in [2.24, 2.45) is 23.7 Å². The first-order valence-electron chi connectivity index (χ1n) is 7.74. The minimum Gasteiger partial charge on any atom is -0.377 e. The third-order valence-corrected chi connectivity index (χ3v) is 6.04. The van der Waals surface area contributed by atoms with Crippen molar-refractivity contribution >= 4 is 0 Å². The Morgan fingerprint density at radius 2 is 1.83 bits per heavy atom. The Balaban J connectivity index is 1.32. The van der Waals surface area contributed by atoms with E-state index in [1.807, 2.05) is 7.11 Å². The van der Waals surface area contributed by atoms with Gasteiger partial charge in [0.2, 0.25) is 0 Å². The Hall–Kier alpha value is -0.120. The average molecular weight is 251 g/mol. The molecule has 18 heavy (non-hydrogen) atoms. The predicted octanol–water partition coefficient (Wildman–Crippen LogP) is 1.81. The van der Waals surface area contributed by atoms with E-state index in [1.165, 1.54) is 19.3 Å². The van der Waals surface area contributed by atoms with E-state index < -0.39 is 0 Å². The van der Waals surface area contributed by atoms with E-state index in [0.29, 0.717) is 12.1 Å². The monoisotopic (exact) mass is 251 g/mol. The average Bonchev–Trinajstić information content (AvgIpc) is 2.74. The lowest BCUT2D eigenvalue weighted by molar-refractivity contribution is -0.132. The van der Waals surface area contributed by atoms with E-state index in [0.717, 1.165) is 42.7 Å². The molecule has 0 saturated heterocycles. The molecule has 0 aromatic carbocycles. The zero-order valence-electron chi connectivity index (χ0n) is 11.5. The van der Waals surface area contributed by atoms with Crippen molar-refractivity contribution in [1.29, 1.82) is 0 Å². The van der Waals surface area contributed by atoms with Gasteiger partial charge < -0.3 is 14.8 Å². The number of rotatable bonds is 5. The molecular formula is C15H25NO2. The minimum absolute atomic E-state index is 0.281. The summed E-state index contributed by atoms with van der Waals surface area (Å²) < 4.78 is 11.3. The van der Waals surface area contributed by atoms with Gasteiger partial charge in [-0.05, 0) is 56.3 Å². The first kappa shape index (κ1) is 11.7. The molecule has 1 N–H and O–H groups in total. The summed E-state index contributed by atoms with van der Waals surface area (Å²) in [6.07, 6.45) is 6.29. The summed E-state index contributed by atoms with van der Waals surface area (Å²) in [5.41, 5.74) is 0. The van der Waals surface area contributed by atoms with Gasteiger partial charge in [-0.3, -0.25) is 0 Å². The second-order valence-electron chi connectivity index (χ2n) is 6.72. The van der Waals surface area contributed by atoms with Crippen molar-refractivity contribution < 1.29 is 9.47 Å². The summed E-state index contributed by atoms with van der Waals surface area (Å²) in [5, 5.41) is 3.88. The third-order valence-electron chi connectivity index (χ3n) is 6.04. The van der Waals surface area contributed by atoms with Gasteiger partial charge in [0, 0.05) is 25.8 Å². The summed E-state index contributed by atoms with van der Waals surface area (Å²) in [5.74, 6) is 4.15. The van der Waals surface area contributed by atoms with Crippen LogP contribution in [0.1, 0.15) is 32.6 Å². The molecule has 102 valence electrons. The molecule has 0 spiro atoms. The van der Waals surface area contributed by atoms with E-state index in [-0.39, 0.29) is 6.10 Å². The van der Waals surface area contributed by atoms with Crippen LogP contribution in [0.15, 0.2) is 0 Å². The molecule has 0 aromatic rings. The van der Waals surface area contributed by atoms with E-state index in [4.69, 9.17) is 9.47 Å². The fourth-order valence-corrected chi connectivity index (χ4v) is 5.23. The molecule has 7 unspecified atom stereocenters. The maximum atomic E-state index is 5.70. The predicted molar refractivity (Wildman–Crippen MR) is 69.4 cm³/mol. The lowest BCUT2D eigenvalue weighted by Gasteiger charge is -2.44. The van der Waals surface area contributed by atoms with Crippen LogP contribution in [0.5, 0.6) is 0 Å². The van der Waals surface area contributed by atoms with Crippen molar-refractivity contribution in [3.63, 3.8) is 0 Å². The van der Waals surface area contributed by atoms with E-state index >= 15 is 0 Å². The Morgan fingerprint density at radius 3 is 2.44 bits per heavy atom. The van der Waals surface area contributed by atoms with Crippen LogP contribution in [0, 0.1) is 23.7 Å². The van der Waals surface area contributed by atoms with Crippen LogP contribution in [-0.2, 0) is 9.47 Å². The van der Waals surface area contributed by atoms with Gasteiger partial charge in [0.05, 0.1) is 12.2 Å². The van der Waals surface area contributed by atoms with Crippen LogP contribution in [0.4, 0.5) is 0 Å². The highest BCUT2D eigenvalue weighted by molar-refractivity contribution is 5.18. The Kier molecular flexibility index (Phi) is 2.72. The van der Waals surface area contributed by atoms with Crippen LogP contribution in [0.3, 0.4) is 0 Å². The van der Waals surface area contributed by atoms with Crippen LogP contribution in [-0.4, -0.2) is 38.0 Å². The molecule has 3 heteroatoms. The van der Waals surface area contributed by atoms with Gasteiger partial charge in [-0.15, -0.1) is 0 Å². The van der Waals surface area contributed by atoms with Crippen LogP contribution >= 0.6 is 0 Å². The Bertz CT molecular complexity index is 318. The molecule has 2 bridgehead atoms. The highest BCUT2D eigenvalue weighted by Crippen LogP contribution is 2.65. The second-order valence-corrected chi connectivity index (χ2v) is 6.72. The SMILES string of the molecule is CCOC1CC(NC2C3C4CCC(C4)C23)C1OC. The van der Waals surface area contributed by atoms with Crippen molar-refractivity contribution in [3.05, 3.63) is 0 Å². The van der Waals surface area contributed by atoms with E-state index in [1.54, 1.807) is 0 Å². The van der Waals surface area contributed by atoms with Gasteiger partial charge in [0.1, 0.15) is 0 Å². The molecule has 3 nitrogen and oxygen atoms in total. The zero-order chi connectivity index (χ0) is 12.3. The maximum absolute atomic E-state index is 5.70. The quantitative estimate of drug-likeness (QED) is 0.808. The van der Waals surface area contributed by atoms with Gasteiger partial charge in [-0.1, -0.05) is 0 Å². The number of methoxy groups -OCH3 is 1. The normalized spacial score (nSPS) is 56.3. The summed E-state index contributed by atoms with van der Waals surface area (Å²) in [4.78, 5) is 0. The van der Waals surface area contributed by atoms with Gasteiger partial charge in [-0.25, -0.2) is 0 Å². The number of ether oxygens (including phenoxy) is 2. The largest absolute Gasteiger partial charge is 0.377 e. The standard InChI is InChI=1S/C15H25NO2/c1-3-18-11-7-10(15(11)17-2)16-14-12-8-4-5-9(6-8)13(12)14/h8-16H,3-7H2,1-2H3. The molecule has 0 amide bonds. The van der Waals surface area contributed by atoms with Crippen molar-refractivity contribution in [2.75, 3.05) is 13.7 Å². The lowest BCUT2D eigenvalue weighted by Crippen LogP contribution is -2.60. The summed E-state index contributed by atoms with van der Waals surface area (Å²) in [6, 6.07) is 1.36. The Labute approximate surface area is 110 Å². The number of fused-ring (bicyclic) bond motifs is 5. The van der Waals surface area contributed by atoms with Crippen LogP contribution in [0.25, 0.3) is 0 Å². The number of nitrogens with one attached hydrogen (secondary N) is 1. The third kappa shape index (κ3) is 1.53. The lowest BCUT2D eigenvalue weighted by atomic mass is 9.84. The number of hydrogen-bond donors (Lipinski definition) is 1. The number of hydrogen-bond acceptors (Lipinski definition) is 3. The minimum atomic E-state index is 0.281. The molecular weight excluding hydrogens is 226 g/mol. The zero-order valence-corrected chi connectivity index (χ0v) is 11.5. The molecule has 4 saturated carbocycles. The molecule has 4 aliphatic carbocycles. The van der Waals surface area contributed by atoms with E-state index in [2.05, 4.69) is 12.2 Å². The molecule has 0 aliphatic heterocycles. The summed E-state index contributed by atoms with van der Waals surface area (Å²) >= 11 is 0. The van der Waals surface area contributed by atoms with Crippen LogP contribution < -0.4 is 5.32 Å². The topological polar surface area (TPSA) is 30.5 Å². The molecule has 0 aromatic heterocycles. The molecule has 0 heterocycles. The van der Waals surface area contributed by atoms with Gasteiger partial charge in [0.15, 0.2) is 0 Å². The molecule has 4 rings (SSSR count). The van der Waals surface area contributed by atoms with Gasteiger partial charge in [0.25, 0.3) is 0 Å². The first-order chi connectivity index (χ1) is 8.83. The van der Waals surface area contributed by atoms with Crippen molar-refractivity contribution in [3.8, 4) is 0 Å². The van der Waals surface area contributed by atoms with E-state index in [9.17, 15) is 0 Å². The molecule has 4 fully saturated rings. The van der Waals surface area contributed by atoms with Crippen LogP contribution in [0.2, 0.25) is 0 Å². The smallest absolute Gasteiger partial charge is 0.0986 e. The molecule has 0 radical (unpaired) electrons. The van der Waals surface area contributed by atoms with Crippen molar-refractivity contribution in [2.45, 2.75) is 56.9 Å². The Morgan fingerprint density at radius 1 is 1.11 bits per heavy atom. The fourth-order valence-electron chi connectivity index (χ4n) is 5.23.